The maximum atomic E-state index is 12.3. The fourth-order valence-electron chi connectivity index (χ4n) is 4.98. The molecule has 1 fully saturated rings. The number of hydrogen-bond donors (Lipinski definition) is 1. The standard InChI is InChI=1S/C35H39N3O4/c1-25(2)22-42-35(39)28-13-16-30(17-14-28)37-32-19-15-29(21-36-32)31-18-20-33(40-23-26-9-5-3-6-10-26)38-34(31)41-24-27-11-7-4-8-12-27/h3-12,15,18-21,25,28,30H,13-14,16-17,22-24H2,1-2H3,(H,36,37)/t28-,30-. The highest BCUT2D eigenvalue weighted by Gasteiger charge is 2.27. The molecule has 1 aliphatic carbocycles. The Hall–Kier alpha value is -4.39. The minimum atomic E-state index is -0.0555. The Bertz CT molecular complexity index is 1400. The number of ether oxygens (including phenoxy) is 3. The highest BCUT2D eigenvalue weighted by molar-refractivity contribution is 5.72. The molecule has 7 heteroatoms. The van der Waals surface area contributed by atoms with Crippen molar-refractivity contribution in [2.24, 2.45) is 11.8 Å². The van der Waals surface area contributed by atoms with Gasteiger partial charge in [-0.15, -0.1) is 0 Å². The van der Waals surface area contributed by atoms with Gasteiger partial charge in [-0.3, -0.25) is 4.79 Å². The SMILES string of the molecule is CC(C)COC(=O)[C@H]1CC[C@H](Nc2ccc(-c3ccc(OCc4ccccc4)nc3OCc3ccccc3)cn2)CC1. The van der Waals surface area contributed by atoms with E-state index in [-0.39, 0.29) is 17.9 Å². The van der Waals surface area contributed by atoms with Gasteiger partial charge < -0.3 is 19.5 Å². The van der Waals surface area contributed by atoms with E-state index in [0.717, 1.165) is 53.8 Å². The zero-order valence-electron chi connectivity index (χ0n) is 24.4. The predicted octanol–water partition coefficient (Wildman–Crippen LogP) is 7.47. The summed E-state index contributed by atoms with van der Waals surface area (Å²) in [4.78, 5) is 21.7. The number of pyridine rings is 2. The molecule has 1 aliphatic rings. The third kappa shape index (κ3) is 8.32. The molecule has 2 aromatic heterocycles. The van der Waals surface area contributed by atoms with Crippen molar-refractivity contribution in [1.29, 1.82) is 0 Å². The number of aromatic nitrogens is 2. The number of nitrogens with zero attached hydrogens (tertiary/aromatic N) is 2. The van der Waals surface area contributed by atoms with E-state index in [1.54, 1.807) is 0 Å². The molecule has 0 amide bonds. The van der Waals surface area contributed by atoms with E-state index in [9.17, 15) is 4.79 Å². The molecule has 0 bridgehead atoms. The van der Waals surface area contributed by atoms with Crippen LogP contribution in [-0.4, -0.2) is 28.6 Å². The van der Waals surface area contributed by atoms with Crippen LogP contribution in [0.15, 0.2) is 91.1 Å². The Balaban J connectivity index is 1.23. The first-order valence-electron chi connectivity index (χ1n) is 14.8. The summed E-state index contributed by atoms with van der Waals surface area (Å²) in [6.45, 7) is 5.42. The second-order valence-electron chi connectivity index (χ2n) is 11.2. The Morgan fingerprint density at radius 2 is 1.50 bits per heavy atom. The number of esters is 1. The summed E-state index contributed by atoms with van der Waals surface area (Å²) < 4.78 is 17.6. The lowest BCUT2D eigenvalue weighted by Gasteiger charge is -2.28. The van der Waals surface area contributed by atoms with E-state index in [2.05, 4.69) is 19.2 Å². The monoisotopic (exact) mass is 565 g/mol. The summed E-state index contributed by atoms with van der Waals surface area (Å²) in [6, 6.07) is 28.2. The molecular weight excluding hydrogens is 526 g/mol. The molecule has 0 aliphatic heterocycles. The molecule has 0 spiro atoms. The molecule has 2 heterocycles. The molecule has 0 radical (unpaired) electrons. The van der Waals surface area contributed by atoms with Crippen molar-refractivity contribution in [3.8, 4) is 22.9 Å². The van der Waals surface area contributed by atoms with Gasteiger partial charge in [-0.05, 0) is 60.9 Å². The van der Waals surface area contributed by atoms with Crippen LogP contribution in [0.25, 0.3) is 11.1 Å². The van der Waals surface area contributed by atoms with Gasteiger partial charge in [-0.1, -0.05) is 74.5 Å². The third-order valence-corrected chi connectivity index (χ3v) is 7.33. The predicted molar refractivity (Wildman–Crippen MR) is 164 cm³/mol. The van der Waals surface area contributed by atoms with Crippen molar-refractivity contribution in [2.45, 2.75) is 58.8 Å². The van der Waals surface area contributed by atoms with E-state index < -0.39 is 0 Å². The van der Waals surface area contributed by atoms with Gasteiger partial charge in [0.2, 0.25) is 11.8 Å². The fraction of sp³-hybridized carbons (Fsp3) is 0.343. The molecule has 42 heavy (non-hydrogen) atoms. The average molecular weight is 566 g/mol. The number of benzene rings is 2. The van der Waals surface area contributed by atoms with Crippen LogP contribution in [0.2, 0.25) is 0 Å². The number of hydrogen-bond acceptors (Lipinski definition) is 7. The van der Waals surface area contributed by atoms with E-state index in [1.165, 1.54) is 0 Å². The molecule has 5 rings (SSSR count). The number of nitrogens with one attached hydrogen (secondary N) is 1. The summed E-state index contributed by atoms with van der Waals surface area (Å²) in [7, 11) is 0. The molecule has 1 N–H and O–H groups in total. The molecule has 4 aromatic rings. The summed E-state index contributed by atoms with van der Waals surface area (Å²) >= 11 is 0. The van der Waals surface area contributed by atoms with Crippen molar-refractivity contribution in [1.82, 2.24) is 9.97 Å². The molecular formula is C35H39N3O4. The maximum absolute atomic E-state index is 12.3. The minimum Gasteiger partial charge on any atom is -0.473 e. The first kappa shape index (κ1) is 29.1. The summed E-state index contributed by atoms with van der Waals surface area (Å²) in [5, 5.41) is 3.54. The first-order chi connectivity index (χ1) is 20.5. The number of carbonyl (C=O) groups is 1. The molecule has 0 saturated heterocycles. The number of rotatable bonds is 12. The third-order valence-electron chi connectivity index (χ3n) is 7.33. The molecule has 7 nitrogen and oxygen atoms in total. The summed E-state index contributed by atoms with van der Waals surface area (Å²) in [5.74, 6) is 2.11. The Kier molecular flexibility index (Phi) is 10.0. The molecule has 2 aromatic carbocycles. The van der Waals surface area contributed by atoms with Crippen LogP contribution in [0.1, 0.15) is 50.7 Å². The highest BCUT2D eigenvalue weighted by atomic mass is 16.5. The van der Waals surface area contributed by atoms with Gasteiger partial charge in [-0.25, -0.2) is 4.98 Å². The lowest BCUT2D eigenvalue weighted by Crippen LogP contribution is -2.31. The van der Waals surface area contributed by atoms with Crippen molar-refractivity contribution >= 4 is 11.8 Å². The highest BCUT2D eigenvalue weighted by Crippen LogP contribution is 2.32. The maximum Gasteiger partial charge on any atom is 0.308 e. The van der Waals surface area contributed by atoms with Gasteiger partial charge in [0, 0.05) is 29.4 Å². The van der Waals surface area contributed by atoms with Gasteiger partial charge in [0.1, 0.15) is 19.0 Å². The van der Waals surface area contributed by atoms with E-state index >= 15 is 0 Å². The van der Waals surface area contributed by atoms with Crippen LogP contribution in [0.3, 0.4) is 0 Å². The van der Waals surface area contributed by atoms with Crippen LogP contribution in [-0.2, 0) is 22.7 Å². The average Bonchev–Trinajstić information content (AvgIpc) is 3.03. The minimum absolute atomic E-state index is 0.00131. The van der Waals surface area contributed by atoms with Crippen molar-refractivity contribution in [3.63, 3.8) is 0 Å². The smallest absolute Gasteiger partial charge is 0.308 e. The zero-order valence-corrected chi connectivity index (χ0v) is 24.4. The van der Waals surface area contributed by atoms with Crippen LogP contribution in [0.4, 0.5) is 5.82 Å². The van der Waals surface area contributed by atoms with E-state index in [0.29, 0.717) is 37.5 Å². The van der Waals surface area contributed by atoms with Crippen LogP contribution < -0.4 is 14.8 Å². The molecule has 218 valence electrons. The lowest BCUT2D eigenvalue weighted by molar-refractivity contribution is -0.150. The summed E-state index contributed by atoms with van der Waals surface area (Å²) in [6.07, 6.45) is 5.33. The lowest BCUT2D eigenvalue weighted by atomic mass is 9.86. The second kappa shape index (κ2) is 14.5. The fourth-order valence-corrected chi connectivity index (χ4v) is 4.98. The van der Waals surface area contributed by atoms with Gasteiger partial charge in [0.15, 0.2) is 0 Å². The van der Waals surface area contributed by atoms with Crippen LogP contribution >= 0.6 is 0 Å². The topological polar surface area (TPSA) is 82.6 Å². The summed E-state index contributed by atoms with van der Waals surface area (Å²) in [5.41, 5.74) is 3.88. The van der Waals surface area contributed by atoms with Gasteiger partial charge >= 0.3 is 5.97 Å². The van der Waals surface area contributed by atoms with Gasteiger partial charge in [-0.2, -0.15) is 4.98 Å². The first-order valence-corrected chi connectivity index (χ1v) is 14.8. The van der Waals surface area contributed by atoms with Crippen LogP contribution in [0, 0.1) is 11.8 Å². The van der Waals surface area contributed by atoms with E-state index in [1.807, 2.05) is 91.1 Å². The van der Waals surface area contributed by atoms with Crippen molar-refractivity contribution < 1.29 is 19.0 Å². The Labute approximate surface area is 248 Å². The zero-order chi connectivity index (χ0) is 29.1. The molecule has 0 unspecified atom stereocenters. The second-order valence-corrected chi connectivity index (χ2v) is 11.2. The normalized spacial score (nSPS) is 16.5. The number of anilines is 1. The Morgan fingerprint density at radius 3 is 2.12 bits per heavy atom. The van der Waals surface area contributed by atoms with E-state index in [4.69, 9.17) is 24.2 Å². The van der Waals surface area contributed by atoms with Crippen molar-refractivity contribution in [2.75, 3.05) is 11.9 Å². The number of carbonyl (C=O) groups excluding carboxylic acids is 1. The van der Waals surface area contributed by atoms with Crippen LogP contribution in [0.5, 0.6) is 11.8 Å². The molecule has 0 atom stereocenters. The van der Waals surface area contributed by atoms with Gasteiger partial charge in [0.05, 0.1) is 12.5 Å². The van der Waals surface area contributed by atoms with Gasteiger partial charge in [0.25, 0.3) is 0 Å². The molecule has 1 saturated carbocycles. The van der Waals surface area contributed by atoms with Crippen molar-refractivity contribution in [3.05, 3.63) is 102 Å². The Morgan fingerprint density at radius 1 is 0.833 bits per heavy atom. The quantitative estimate of drug-likeness (QED) is 0.178. The largest absolute Gasteiger partial charge is 0.473 e.